The third kappa shape index (κ3) is 6.15. The van der Waals surface area contributed by atoms with Gasteiger partial charge in [-0.25, -0.2) is 28.7 Å². The Morgan fingerprint density at radius 2 is 1.85 bits per heavy atom. The Morgan fingerprint density at radius 3 is 2.52 bits per heavy atom. The first-order valence-corrected chi connectivity index (χ1v) is 10.9. The maximum Gasteiger partial charge on any atom is 0.159 e. The van der Waals surface area contributed by atoms with Gasteiger partial charge in [-0.2, -0.15) is 0 Å². The fourth-order valence-corrected chi connectivity index (χ4v) is 3.63. The third-order valence-electron chi connectivity index (χ3n) is 5.23. The van der Waals surface area contributed by atoms with E-state index in [4.69, 9.17) is 11.6 Å². The van der Waals surface area contributed by atoms with Crippen molar-refractivity contribution in [2.24, 2.45) is 0 Å². The summed E-state index contributed by atoms with van der Waals surface area (Å²) < 4.78 is 28.5. The highest BCUT2D eigenvalue weighted by Crippen LogP contribution is 2.27. The number of nitrogens with zero attached hydrogens (tertiary/aromatic N) is 4. The molecule has 0 bridgehead atoms. The van der Waals surface area contributed by atoms with Gasteiger partial charge in [0.25, 0.3) is 0 Å². The van der Waals surface area contributed by atoms with E-state index < -0.39 is 12.0 Å². The number of fused-ring (bicyclic) bond motifs is 1. The molecule has 0 fully saturated rings. The number of nitrogens with one attached hydrogen (secondary N) is 1. The number of benzene rings is 2. The van der Waals surface area contributed by atoms with Crippen molar-refractivity contribution in [3.05, 3.63) is 107 Å². The number of hydrogen-bond donors (Lipinski definition) is 1. The Labute approximate surface area is 195 Å². The largest absolute Gasteiger partial charge is 0.312 e. The molecule has 1 unspecified atom stereocenters. The first-order chi connectivity index (χ1) is 16.1. The molecule has 2 aromatic heterocycles. The zero-order valence-corrected chi connectivity index (χ0v) is 18.5. The van der Waals surface area contributed by atoms with Crippen molar-refractivity contribution in [1.82, 2.24) is 25.3 Å². The number of rotatable bonds is 4. The van der Waals surface area contributed by atoms with E-state index in [1.807, 2.05) is 18.3 Å². The molecular formula is C25H22ClF2N5. The summed E-state index contributed by atoms with van der Waals surface area (Å²) >= 11 is 5.74. The quantitative estimate of drug-likeness (QED) is 0.442. The van der Waals surface area contributed by atoms with Crippen LogP contribution in [-0.4, -0.2) is 26.5 Å². The van der Waals surface area contributed by atoms with Gasteiger partial charge in [-0.05, 0) is 29.3 Å². The number of hydrogen-bond acceptors (Lipinski definition) is 5. The van der Waals surface area contributed by atoms with Crippen LogP contribution in [0.25, 0.3) is 11.4 Å². The minimum absolute atomic E-state index is 0.0370. The molecule has 4 aromatic rings. The maximum absolute atomic E-state index is 14.6. The average molecular weight is 466 g/mol. The molecule has 5 nitrogen and oxygen atoms in total. The molecular weight excluding hydrogens is 444 g/mol. The normalized spacial score (nSPS) is 13.4. The van der Waals surface area contributed by atoms with Crippen LogP contribution in [0.1, 0.15) is 28.6 Å². The minimum atomic E-state index is -1.30. The molecule has 0 saturated heterocycles. The van der Waals surface area contributed by atoms with Crippen molar-refractivity contribution >= 4 is 11.6 Å². The standard InChI is InChI=1S/C21H18ClF2N3.C4H4N2/c22-17-6-5-15(19(24)10-17)9-18(23)13-1-3-14(4-2-13)21-26-12-16-11-25-8-7-20(16)27-21;1-2-5-4-6-3-1/h1-6,10,12,18,25H,7-9,11H2;1-4H. The van der Waals surface area contributed by atoms with Crippen molar-refractivity contribution in [2.75, 3.05) is 6.54 Å². The first kappa shape index (κ1) is 22.9. The van der Waals surface area contributed by atoms with Gasteiger partial charge in [0.05, 0.1) is 5.69 Å². The van der Waals surface area contributed by atoms with Crippen LogP contribution in [0.2, 0.25) is 5.02 Å². The third-order valence-corrected chi connectivity index (χ3v) is 5.47. The zero-order chi connectivity index (χ0) is 23.0. The molecule has 1 N–H and O–H groups in total. The minimum Gasteiger partial charge on any atom is -0.312 e. The van der Waals surface area contributed by atoms with Gasteiger partial charge in [0, 0.05) is 60.7 Å². The lowest BCUT2D eigenvalue weighted by atomic mass is 10.0. The summed E-state index contributed by atoms with van der Waals surface area (Å²) in [4.78, 5) is 16.4. The molecule has 5 rings (SSSR count). The molecule has 33 heavy (non-hydrogen) atoms. The first-order valence-electron chi connectivity index (χ1n) is 10.5. The molecule has 0 aliphatic carbocycles. The summed E-state index contributed by atoms with van der Waals surface area (Å²) in [6.07, 6.45) is 6.26. The van der Waals surface area contributed by atoms with Crippen LogP contribution in [0.5, 0.6) is 0 Å². The lowest BCUT2D eigenvalue weighted by Gasteiger charge is -2.16. The molecule has 0 saturated carbocycles. The molecule has 168 valence electrons. The number of aromatic nitrogens is 4. The van der Waals surface area contributed by atoms with Gasteiger partial charge in [-0.1, -0.05) is 41.9 Å². The van der Waals surface area contributed by atoms with Crippen LogP contribution in [0.15, 0.2) is 73.4 Å². The van der Waals surface area contributed by atoms with Gasteiger partial charge >= 0.3 is 0 Å². The van der Waals surface area contributed by atoms with E-state index >= 15 is 0 Å². The Bertz CT molecular complexity index is 1160. The van der Waals surface area contributed by atoms with E-state index in [-0.39, 0.29) is 6.42 Å². The van der Waals surface area contributed by atoms with Gasteiger partial charge in [-0.3, -0.25) is 0 Å². The Hall–Kier alpha value is -3.29. The molecule has 1 aliphatic heterocycles. The summed E-state index contributed by atoms with van der Waals surface area (Å²) in [7, 11) is 0. The lowest BCUT2D eigenvalue weighted by molar-refractivity contribution is 0.338. The second-order valence-corrected chi connectivity index (χ2v) is 7.96. The second-order valence-electron chi connectivity index (χ2n) is 7.53. The van der Waals surface area contributed by atoms with Crippen LogP contribution < -0.4 is 5.32 Å². The average Bonchev–Trinajstić information content (AvgIpc) is 2.87. The van der Waals surface area contributed by atoms with E-state index in [1.54, 1.807) is 36.7 Å². The van der Waals surface area contributed by atoms with Gasteiger partial charge in [0.1, 0.15) is 18.3 Å². The van der Waals surface area contributed by atoms with Gasteiger partial charge in [0.15, 0.2) is 5.82 Å². The molecule has 1 atom stereocenters. The van der Waals surface area contributed by atoms with Crippen molar-refractivity contribution in [3.8, 4) is 11.4 Å². The number of halogens is 3. The summed E-state index contributed by atoms with van der Waals surface area (Å²) in [6.45, 7) is 1.70. The predicted molar refractivity (Wildman–Crippen MR) is 124 cm³/mol. The Kier molecular flexibility index (Phi) is 7.65. The Morgan fingerprint density at radius 1 is 1.06 bits per heavy atom. The summed E-state index contributed by atoms with van der Waals surface area (Å²) in [5, 5.41) is 3.59. The predicted octanol–water partition coefficient (Wildman–Crippen LogP) is 5.31. The monoisotopic (exact) mass is 465 g/mol. The van der Waals surface area contributed by atoms with Crippen LogP contribution in [0.4, 0.5) is 8.78 Å². The Balaban J connectivity index is 0.000000376. The summed E-state index contributed by atoms with van der Waals surface area (Å²) in [5.74, 6) is 0.153. The molecule has 0 spiro atoms. The van der Waals surface area contributed by atoms with E-state index in [0.717, 1.165) is 36.3 Å². The van der Waals surface area contributed by atoms with Gasteiger partial charge < -0.3 is 5.32 Å². The molecule has 0 radical (unpaired) electrons. The van der Waals surface area contributed by atoms with Crippen LogP contribution >= 0.6 is 11.6 Å². The fourth-order valence-electron chi connectivity index (χ4n) is 3.47. The van der Waals surface area contributed by atoms with E-state index in [0.29, 0.717) is 22.0 Å². The number of alkyl halides is 1. The highest BCUT2D eigenvalue weighted by molar-refractivity contribution is 6.30. The molecule has 8 heteroatoms. The topological polar surface area (TPSA) is 63.6 Å². The smallest absolute Gasteiger partial charge is 0.159 e. The molecule has 3 heterocycles. The van der Waals surface area contributed by atoms with Crippen molar-refractivity contribution < 1.29 is 8.78 Å². The SMILES string of the molecule is Fc1cc(Cl)ccc1CC(F)c1ccc(-c2ncc3c(n2)CCNC3)cc1.c1cncnc1. The van der Waals surface area contributed by atoms with Crippen molar-refractivity contribution in [2.45, 2.75) is 25.6 Å². The van der Waals surface area contributed by atoms with Crippen LogP contribution in [0.3, 0.4) is 0 Å². The highest BCUT2D eigenvalue weighted by Gasteiger charge is 2.16. The zero-order valence-electron chi connectivity index (χ0n) is 17.8. The molecule has 0 amide bonds. The van der Waals surface area contributed by atoms with Crippen molar-refractivity contribution in [3.63, 3.8) is 0 Å². The van der Waals surface area contributed by atoms with Crippen molar-refractivity contribution in [1.29, 1.82) is 0 Å². The lowest BCUT2D eigenvalue weighted by Crippen LogP contribution is -2.24. The van der Waals surface area contributed by atoms with E-state index in [2.05, 4.69) is 25.3 Å². The van der Waals surface area contributed by atoms with E-state index in [9.17, 15) is 8.78 Å². The summed E-state index contributed by atoms with van der Waals surface area (Å²) in [5.41, 5.74) is 3.82. The van der Waals surface area contributed by atoms with Gasteiger partial charge in [0.2, 0.25) is 0 Å². The second kappa shape index (κ2) is 11.0. The van der Waals surface area contributed by atoms with Crippen LogP contribution in [0, 0.1) is 5.82 Å². The summed E-state index contributed by atoms with van der Waals surface area (Å²) in [6, 6.07) is 13.1. The fraction of sp³-hybridized carbons (Fsp3) is 0.200. The van der Waals surface area contributed by atoms with E-state index in [1.165, 1.54) is 18.5 Å². The highest BCUT2D eigenvalue weighted by atomic mass is 35.5. The van der Waals surface area contributed by atoms with Gasteiger partial charge in [-0.15, -0.1) is 0 Å². The molecule has 1 aliphatic rings. The van der Waals surface area contributed by atoms with Crippen LogP contribution in [-0.2, 0) is 19.4 Å². The molecule has 2 aromatic carbocycles. The maximum atomic E-state index is 14.6.